The third kappa shape index (κ3) is 2.99. The van der Waals surface area contributed by atoms with Crippen molar-refractivity contribution in [3.8, 4) is 11.5 Å². The summed E-state index contributed by atoms with van der Waals surface area (Å²) in [6.07, 6.45) is 9.55. The van der Waals surface area contributed by atoms with E-state index in [9.17, 15) is 4.79 Å². The van der Waals surface area contributed by atoms with E-state index in [1.54, 1.807) is 13.3 Å². The van der Waals surface area contributed by atoms with Crippen LogP contribution in [0.25, 0.3) is 6.08 Å². The first-order chi connectivity index (χ1) is 12.3. The number of carbonyl (C=O) groups excluding carboxylic acids is 1. The molecule has 1 saturated heterocycles. The van der Waals surface area contributed by atoms with Crippen molar-refractivity contribution in [2.45, 2.75) is 18.9 Å². The number of hydrogen-bond donors (Lipinski definition) is 0. The van der Waals surface area contributed by atoms with E-state index in [0.29, 0.717) is 23.6 Å². The molecule has 4 rings (SSSR count). The molecule has 1 fully saturated rings. The lowest BCUT2D eigenvalue weighted by Gasteiger charge is -2.34. The Kier molecular flexibility index (Phi) is 4.17. The van der Waals surface area contributed by atoms with Crippen LogP contribution < -0.4 is 9.47 Å². The number of hydrogen-bond acceptors (Lipinski definition) is 4. The van der Waals surface area contributed by atoms with Crippen molar-refractivity contribution in [3.05, 3.63) is 48.1 Å². The average Bonchev–Trinajstić information content (AvgIpc) is 3.21. The second-order valence-electron chi connectivity index (χ2n) is 6.39. The molecule has 6 heteroatoms. The summed E-state index contributed by atoms with van der Waals surface area (Å²) in [4.78, 5) is 19.0. The third-order valence-corrected chi connectivity index (χ3v) is 4.84. The summed E-state index contributed by atoms with van der Waals surface area (Å²) < 4.78 is 13.2. The zero-order chi connectivity index (χ0) is 17.2. The number of benzene rings is 1. The van der Waals surface area contributed by atoms with Gasteiger partial charge < -0.3 is 18.9 Å². The number of fused-ring (bicyclic) bond motifs is 1. The van der Waals surface area contributed by atoms with E-state index in [1.165, 1.54) is 0 Å². The highest BCUT2D eigenvalue weighted by Crippen LogP contribution is 2.36. The summed E-state index contributed by atoms with van der Waals surface area (Å²) in [7, 11) is 1.62. The Morgan fingerprint density at radius 1 is 1.40 bits per heavy atom. The summed E-state index contributed by atoms with van der Waals surface area (Å²) in [6, 6.07) is 5.99. The van der Waals surface area contributed by atoms with Gasteiger partial charge in [-0.15, -0.1) is 0 Å². The van der Waals surface area contributed by atoms with Crippen molar-refractivity contribution in [2.24, 2.45) is 0 Å². The molecule has 0 spiro atoms. The van der Waals surface area contributed by atoms with Crippen LogP contribution in [-0.4, -0.2) is 47.2 Å². The highest BCUT2D eigenvalue weighted by molar-refractivity contribution is 5.99. The average molecular weight is 339 g/mol. The van der Waals surface area contributed by atoms with E-state index in [1.807, 2.05) is 41.7 Å². The molecule has 1 amide bonds. The van der Waals surface area contributed by atoms with Crippen molar-refractivity contribution in [2.75, 3.05) is 26.8 Å². The molecule has 130 valence electrons. The normalized spacial score (nSPS) is 19.6. The largest absolute Gasteiger partial charge is 0.493 e. The van der Waals surface area contributed by atoms with Gasteiger partial charge in [-0.2, -0.15) is 0 Å². The molecule has 3 heterocycles. The van der Waals surface area contributed by atoms with Gasteiger partial charge in [-0.3, -0.25) is 4.79 Å². The van der Waals surface area contributed by atoms with Crippen LogP contribution in [0.2, 0.25) is 0 Å². The SMILES string of the molecule is COc1cccc2c1OCC(C(=O)N1CCC[C@H](n3ccnc3)C1)=C2. The smallest absolute Gasteiger partial charge is 0.253 e. The molecule has 2 aliphatic heterocycles. The van der Waals surface area contributed by atoms with Gasteiger partial charge in [0.05, 0.1) is 25.1 Å². The van der Waals surface area contributed by atoms with Gasteiger partial charge in [0.2, 0.25) is 0 Å². The number of rotatable bonds is 3. The Morgan fingerprint density at radius 3 is 3.12 bits per heavy atom. The number of methoxy groups -OCH3 is 1. The van der Waals surface area contributed by atoms with Crippen LogP contribution in [0.3, 0.4) is 0 Å². The van der Waals surface area contributed by atoms with Crippen LogP contribution in [-0.2, 0) is 4.79 Å². The molecular weight excluding hydrogens is 318 g/mol. The maximum atomic E-state index is 13.0. The minimum absolute atomic E-state index is 0.0540. The topological polar surface area (TPSA) is 56.6 Å². The summed E-state index contributed by atoms with van der Waals surface area (Å²) in [5.41, 5.74) is 1.57. The molecule has 0 unspecified atom stereocenters. The Balaban J connectivity index is 1.53. The molecule has 0 saturated carbocycles. The number of para-hydroxylation sites is 1. The van der Waals surface area contributed by atoms with Crippen LogP contribution in [0.15, 0.2) is 42.5 Å². The quantitative estimate of drug-likeness (QED) is 0.862. The van der Waals surface area contributed by atoms with Gasteiger partial charge in [-0.05, 0) is 25.0 Å². The van der Waals surface area contributed by atoms with E-state index in [-0.39, 0.29) is 18.6 Å². The Labute approximate surface area is 146 Å². The van der Waals surface area contributed by atoms with Gasteiger partial charge >= 0.3 is 0 Å². The number of piperidine rings is 1. The number of carbonyl (C=O) groups is 1. The van der Waals surface area contributed by atoms with E-state index < -0.39 is 0 Å². The minimum atomic E-state index is 0.0540. The van der Waals surface area contributed by atoms with E-state index in [0.717, 1.165) is 24.9 Å². The van der Waals surface area contributed by atoms with Crippen LogP contribution in [0, 0.1) is 0 Å². The van der Waals surface area contributed by atoms with Crippen LogP contribution in [0.4, 0.5) is 0 Å². The van der Waals surface area contributed by atoms with Crippen LogP contribution in [0.1, 0.15) is 24.4 Å². The maximum Gasteiger partial charge on any atom is 0.253 e. The number of likely N-dealkylation sites (tertiary alicyclic amines) is 1. The van der Waals surface area contributed by atoms with Crippen molar-refractivity contribution in [1.29, 1.82) is 0 Å². The molecule has 25 heavy (non-hydrogen) atoms. The Hall–Kier alpha value is -2.76. The van der Waals surface area contributed by atoms with Gasteiger partial charge in [-0.25, -0.2) is 4.98 Å². The Morgan fingerprint density at radius 2 is 2.32 bits per heavy atom. The zero-order valence-electron chi connectivity index (χ0n) is 14.2. The molecule has 0 radical (unpaired) electrons. The summed E-state index contributed by atoms with van der Waals surface area (Å²) in [5, 5.41) is 0. The highest BCUT2D eigenvalue weighted by atomic mass is 16.5. The standard InChI is InChI=1S/C19H21N3O3/c1-24-17-6-2-4-14-10-15(12-25-18(14)17)19(23)21-8-3-5-16(11-21)22-9-7-20-13-22/h2,4,6-7,9-10,13,16H,3,5,8,11-12H2,1H3/t16-/m0/s1. The fourth-order valence-electron chi connectivity index (χ4n) is 3.54. The fraction of sp³-hybridized carbons (Fsp3) is 0.368. The molecule has 0 N–H and O–H groups in total. The molecule has 1 aromatic carbocycles. The highest BCUT2D eigenvalue weighted by Gasteiger charge is 2.28. The first-order valence-corrected chi connectivity index (χ1v) is 8.53. The van der Waals surface area contributed by atoms with E-state index in [4.69, 9.17) is 9.47 Å². The number of amides is 1. The first kappa shape index (κ1) is 15.7. The second kappa shape index (κ2) is 6.63. The van der Waals surface area contributed by atoms with Crippen LogP contribution >= 0.6 is 0 Å². The lowest BCUT2D eigenvalue weighted by atomic mass is 10.0. The summed E-state index contributed by atoms with van der Waals surface area (Å²) in [6.45, 7) is 1.77. The number of nitrogens with zero attached hydrogens (tertiary/aromatic N) is 3. The third-order valence-electron chi connectivity index (χ3n) is 4.84. The summed E-state index contributed by atoms with van der Waals surface area (Å²) in [5.74, 6) is 1.45. The van der Waals surface area contributed by atoms with Gasteiger partial charge in [0.15, 0.2) is 11.5 Å². The molecule has 0 aliphatic carbocycles. The predicted octanol–water partition coefficient (Wildman–Crippen LogP) is 2.53. The van der Waals surface area contributed by atoms with Crippen molar-refractivity contribution >= 4 is 12.0 Å². The molecule has 1 aromatic heterocycles. The van der Waals surface area contributed by atoms with E-state index >= 15 is 0 Å². The van der Waals surface area contributed by atoms with Crippen LogP contribution in [0.5, 0.6) is 11.5 Å². The second-order valence-corrected chi connectivity index (χ2v) is 6.39. The van der Waals surface area contributed by atoms with Gasteiger partial charge in [0, 0.05) is 31.0 Å². The predicted molar refractivity (Wildman–Crippen MR) is 93.5 cm³/mol. The van der Waals surface area contributed by atoms with Gasteiger partial charge in [0.1, 0.15) is 6.61 Å². The van der Waals surface area contributed by atoms with E-state index in [2.05, 4.69) is 9.55 Å². The Bertz CT molecular complexity index is 798. The van der Waals surface area contributed by atoms with Gasteiger partial charge in [0.25, 0.3) is 5.91 Å². The number of ether oxygens (including phenoxy) is 2. The molecule has 2 aliphatic rings. The lowest BCUT2D eigenvalue weighted by molar-refractivity contribution is -0.129. The lowest BCUT2D eigenvalue weighted by Crippen LogP contribution is -2.42. The molecule has 6 nitrogen and oxygen atoms in total. The molecule has 2 aromatic rings. The van der Waals surface area contributed by atoms with Crippen molar-refractivity contribution in [1.82, 2.24) is 14.5 Å². The number of imidazole rings is 1. The maximum absolute atomic E-state index is 13.0. The van der Waals surface area contributed by atoms with Crippen molar-refractivity contribution in [3.63, 3.8) is 0 Å². The molecule has 1 atom stereocenters. The molecule has 0 bridgehead atoms. The summed E-state index contributed by atoms with van der Waals surface area (Å²) >= 11 is 0. The first-order valence-electron chi connectivity index (χ1n) is 8.53. The van der Waals surface area contributed by atoms with Gasteiger partial charge in [-0.1, -0.05) is 12.1 Å². The molecular formula is C19H21N3O3. The minimum Gasteiger partial charge on any atom is -0.493 e. The number of aromatic nitrogens is 2. The van der Waals surface area contributed by atoms with Crippen molar-refractivity contribution < 1.29 is 14.3 Å². The monoisotopic (exact) mass is 339 g/mol. The zero-order valence-corrected chi connectivity index (χ0v) is 14.2. The fourth-order valence-corrected chi connectivity index (χ4v) is 3.54.